The highest BCUT2D eigenvalue weighted by Gasteiger charge is 2.56. The van der Waals surface area contributed by atoms with Crippen molar-refractivity contribution in [2.24, 2.45) is 11.8 Å². The molecular formula is C38H39N3O3. The zero-order valence-corrected chi connectivity index (χ0v) is 24.9. The van der Waals surface area contributed by atoms with Gasteiger partial charge >= 0.3 is 0 Å². The molecule has 6 heteroatoms. The normalized spacial score (nSPS) is 19.1. The van der Waals surface area contributed by atoms with Gasteiger partial charge in [-0.05, 0) is 34.1 Å². The Balaban J connectivity index is 1.01. The minimum atomic E-state index is -0.736. The maximum absolute atomic E-state index is 13.5. The molecule has 1 aliphatic carbocycles. The summed E-state index contributed by atoms with van der Waals surface area (Å²) in [5.41, 5.74) is 3.57. The van der Waals surface area contributed by atoms with Crippen LogP contribution in [0.3, 0.4) is 0 Å². The molecule has 0 bridgehead atoms. The van der Waals surface area contributed by atoms with Crippen molar-refractivity contribution >= 4 is 17.6 Å². The van der Waals surface area contributed by atoms with E-state index < -0.39 is 5.41 Å². The first-order valence-electron chi connectivity index (χ1n) is 15.5. The lowest BCUT2D eigenvalue weighted by atomic mass is 9.66. The molecule has 0 aromatic heterocycles. The average Bonchev–Trinajstić information content (AvgIpc) is 3.48. The number of nitrogens with zero attached hydrogens (tertiary/aromatic N) is 1. The van der Waals surface area contributed by atoms with Gasteiger partial charge in [0.1, 0.15) is 5.78 Å². The monoisotopic (exact) mass is 585 g/mol. The zero-order chi connectivity index (χ0) is 30.4. The Hall–Kier alpha value is -4.55. The standard InChI is InChI=1S/C38H39N3O3/c42-32(24-38(29-15-7-2-8-16-29,30-17-9-3-10-18-30)31-19-11-4-12-20-31)23-36(44)39-22-21-35(43)40-37-33-26-41(27-34(33)37)25-28-13-5-1-6-14-28/h1-20,33-34,37H,21-27H2,(H,39,44)(H,40,43)/t33-,34+,37?. The van der Waals surface area contributed by atoms with Crippen LogP contribution < -0.4 is 10.6 Å². The van der Waals surface area contributed by atoms with Gasteiger partial charge in [-0.15, -0.1) is 0 Å². The molecule has 1 unspecified atom stereocenters. The first-order valence-corrected chi connectivity index (χ1v) is 15.5. The van der Waals surface area contributed by atoms with Gasteiger partial charge in [0.25, 0.3) is 0 Å². The van der Waals surface area contributed by atoms with Crippen molar-refractivity contribution in [3.8, 4) is 0 Å². The molecule has 2 N–H and O–H groups in total. The van der Waals surface area contributed by atoms with Gasteiger partial charge in [-0.1, -0.05) is 121 Å². The molecule has 4 aromatic rings. The third kappa shape index (κ3) is 6.66. The van der Waals surface area contributed by atoms with E-state index in [1.165, 1.54) is 5.56 Å². The number of carbonyl (C=O) groups is 3. The summed E-state index contributed by atoms with van der Waals surface area (Å²) in [4.78, 5) is 41.5. The number of carbonyl (C=O) groups excluding carboxylic acids is 3. The summed E-state index contributed by atoms with van der Waals surface area (Å²) in [5, 5.41) is 5.96. The van der Waals surface area contributed by atoms with E-state index in [9.17, 15) is 14.4 Å². The highest BCUT2D eigenvalue weighted by atomic mass is 16.2. The van der Waals surface area contributed by atoms with Gasteiger partial charge in [-0.25, -0.2) is 0 Å². The van der Waals surface area contributed by atoms with E-state index in [0.29, 0.717) is 11.8 Å². The Morgan fingerprint density at radius 2 is 1.14 bits per heavy atom. The van der Waals surface area contributed by atoms with Gasteiger partial charge in [-0.2, -0.15) is 0 Å². The third-order valence-corrected chi connectivity index (χ3v) is 9.14. The number of ketones is 1. The number of nitrogens with one attached hydrogen (secondary N) is 2. The maximum atomic E-state index is 13.5. The number of hydrogen-bond donors (Lipinski definition) is 2. The van der Waals surface area contributed by atoms with Crippen LogP contribution >= 0.6 is 0 Å². The molecule has 224 valence electrons. The summed E-state index contributed by atoms with van der Waals surface area (Å²) < 4.78 is 0. The predicted octanol–water partition coefficient (Wildman–Crippen LogP) is 5.12. The molecule has 3 atom stereocenters. The van der Waals surface area contributed by atoms with Crippen LogP contribution in [-0.2, 0) is 26.3 Å². The zero-order valence-electron chi connectivity index (χ0n) is 24.9. The average molecular weight is 586 g/mol. The van der Waals surface area contributed by atoms with Crippen molar-refractivity contribution in [1.29, 1.82) is 0 Å². The molecule has 0 spiro atoms. The van der Waals surface area contributed by atoms with Gasteiger partial charge in [0.2, 0.25) is 11.8 Å². The van der Waals surface area contributed by atoms with Crippen LogP contribution in [0.1, 0.15) is 41.5 Å². The van der Waals surface area contributed by atoms with Gasteiger partial charge in [0, 0.05) is 45.1 Å². The minimum Gasteiger partial charge on any atom is -0.355 e. The largest absolute Gasteiger partial charge is 0.355 e. The molecule has 6 rings (SSSR count). The van der Waals surface area contributed by atoms with Crippen LogP contribution in [0.2, 0.25) is 0 Å². The maximum Gasteiger partial charge on any atom is 0.227 e. The van der Waals surface area contributed by atoms with Crippen LogP contribution in [0.5, 0.6) is 0 Å². The number of amides is 2. The van der Waals surface area contributed by atoms with Crippen molar-refractivity contribution in [2.45, 2.75) is 37.3 Å². The Labute approximate surface area is 259 Å². The van der Waals surface area contributed by atoms with Crippen LogP contribution in [0.25, 0.3) is 0 Å². The van der Waals surface area contributed by atoms with Crippen LogP contribution in [-0.4, -0.2) is 48.2 Å². The molecule has 2 fully saturated rings. The molecule has 1 heterocycles. The van der Waals surface area contributed by atoms with Crippen LogP contribution in [0.15, 0.2) is 121 Å². The number of hydrogen-bond acceptors (Lipinski definition) is 4. The second-order valence-corrected chi connectivity index (χ2v) is 12.1. The van der Waals surface area contributed by atoms with E-state index >= 15 is 0 Å². The molecule has 2 amide bonds. The lowest BCUT2D eigenvalue weighted by Gasteiger charge is -2.35. The lowest BCUT2D eigenvalue weighted by Crippen LogP contribution is -2.37. The van der Waals surface area contributed by atoms with E-state index in [0.717, 1.165) is 36.3 Å². The Bertz CT molecular complexity index is 1450. The van der Waals surface area contributed by atoms with Crippen molar-refractivity contribution in [3.63, 3.8) is 0 Å². The quantitative estimate of drug-likeness (QED) is 0.169. The topological polar surface area (TPSA) is 78.5 Å². The predicted molar refractivity (Wildman–Crippen MR) is 172 cm³/mol. The van der Waals surface area contributed by atoms with E-state index in [2.05, 4.69) is 39.8 Å². The SMILES string of the molecule is O=C(CC(=O)NCCC(=O)NC1[C@H]2CN(Cc3ccccc3)C[C@@H]12)CC(c1ccccc1)(c1ccccc1)c1ccccc1. The smallest absolute Gasteiger partial charge is 0.227 e. The lowest BCUT2D eigenvalue weighted by molar-refractivity contribution is -0.128. The van der Waals surface area contributed by atoms with Crippen molar-refractivity contribution in [2.75, 3.05) is 19.6 Å². The molecule has 1 saturated carbocycles. The number of piperidine rings is 1. The number of Topliss-reactive ketones (excluding diaryl/α,β-unsaturated/α-hetero) is 1. The highest BCUT2D eigenvalue weighted by molar-refractivity contribution is 5.99. The molecule has 4 aromatic carbocycles. The van der Waals surface area contributed by atoms with Gasteiger partial charge < -0.3 is 10.6 Å². The van der Waals surface area contributed by atoms with Crippen LogP contribution in [0.4, 0.5) is 0 Å². The first kappa shape index (κ1) is 29.5. The van der Waals surface area contributed by atoms with Gasteiger partial charge in [-0.3, -0.25) is 19.3 Å². The second kappa shape index (κ2) is 13.4. The summed E-state index contributed by atoms with van der Waals surface area (Å²) in [6.07, 6.45) is 0.107. The van der Waals surface area contributed by atoms with Crippen molar-refractivity contribution in [3.05, 3.63) is 144 Å². The summed E-state index contributed by atoms with van der Waals surface area (Å²) in [6, 6.07) is 40.7. The number of benzene rings is 4. The Morgan fingerprint density at radius 1 is 0.659 bits per heavy atom. The molecule has 0 radical (unpaired) electrons. The molecule has 2 aliphatic rings. The summed E-state index contributed by atoms with van der Waals surface area (Å²) in [5.74, 6) is 0.449. The summed E-state index contributed by atoms with van der Waals surface area (Å²) >= 11 is 0. The number of fused-ring (bicyclic) bond motifs is 1. The van der Waals surface area contributed by atoms with E-state index in [4.69, 9.17) is 0 Å². The van der Waals surface area contributed by atoms with E-state index in [-0.39, 0.29) is 49.4 Å². The first-order chi connectivity index (χ1) is 21.5. The summed E-state index contributed by atoms with van der Waals surface area (Å²) in [6.45, 7) is 3.16. The number of rotatable bonds is 13. The van der Waals surface area contributed by atoms with Crippen molar-refractivity contribution in [1.82, 2.24) is 15.5 Å². The molecule has 6 nitrogen and oxygen atoms in total. The van der Waals surface area contributed by atoms with E-state index in [1.54, 1.807) is 0 Å². The molecule has 1 aliphatic heterocycles. The third-order valence-electron chi connectivity index (χ3n) is 9.14. The molecule has 44 heavy (non-hydrogen) atoms. The van der Waals surface area contributed by atoms with Crippen LogP contribution in [0, 0.1) is 11.8 Å². The molecule has 1 saturated heterocycles. The number of likely N-dealkylation sites (tertiary alicyclic amines) is 1. The fraction of sp³-hybridized carbons (Fsp3) is 0.289. The Kier molecular flexibility index (Phi) is 8.99. The van der Waals surface area contributed by atoms with E-state index in [1.807, 2.05) is 97.1 Å². The van der Waals surface area contributed by atoms with Gasteiger partial charge in [0.05, 0.1) is 11.8 Å². The highest BCUT2D eigenvalue weighted by Crippen LogP contribution is 2.46. The van der Waals surface area contributed by atoms with Crippen molar-refractivity contribution < 1.29 is 14.4 Å². The Morgan fingerprint density at radius 3 is 1.64 bits per heavy atom. The van der Waals surface area contributed by atoms with Gasteiger partial charge in [0.15, 0.2) is 0 Å². The fourth-order valence-corrected chi connectivity index (χ4v) is 6.95. The summed E-state index contributed by atoms with van der Waals surface area (Å²) in [7, 11) is 0. The second-order valence-electron chi connectivity index (χ2n) is 12.1. The minimum absolute atomic E-state index is 0.0538. The molecular weight excluding hydrogens is 546 g/mol. The fourth-order valence-electron chi connectivity index (χ4n) is 6.95.